The molecule has 8 heteroatoms. The van der Waals surface area contributed by atoms with Crippen molar-refractivity contribution in [2.45, 2.75) is 0 Å². The highest BCUT2D eigenvalue weighted by Gasteiger charge is 2.17. The summed E-state index contributed by atoms with van der Waals surface area (Å²) >= 11 is 3.05. The third-order valence-electron chi connectivity index (χ3n) is 2.58. The van der Waals surface area contributed by atoms with Crippen molar-refractivity contribution in [1.29, 1.82) is 0 Å². The van der Waals surface area contributed by atoms with Gasteiger partial charge in [-0.2, -0.15) is 0 Å². The number of nitro benzene ring substituents is 1. The molecule has 0 aliphatic heterocycles. The van der Waals surface area contributed by atoms with E-state index in [0.717, 1.165) is 30.3 Å². The van der Waals surface area contributed by atoms with Crippen molar-refractivity contribution in [2.75, 3.05) is 5.32 Å². The number of nitro groups is 1. The van der Waals surface area contributed by atoms with E-state index in [-0.39, 0.29) is 10.2 Å². The Labute approximate surface area is 125 Å². The van der Waals surface area contributed by atoms with Crippen LogP contribution in [0, 0.1) is 21.7 Å². The quantitative estimate of drug-likeness (QED) is 0.669. The molecular formula is C13H7BrF2N2O3. The Kier molecular flexibility index (Phi) is 4.27. The molecule has 1 amide bonds. The minimum Gasteiger partial charge on any atom is -0.321 e. The van der Waals surface area contributed by atoms with E-state index < -0.39 is 33.7 Å². The van der Waals surface area contributed by atoms with Crippen LogP contribution in [0.5, 0.6) is 0 Å². The topological polar surface area (TPSA) is 72.2 Å². The predicted molar refractivity (Wildman–Crippen MR) is 75.1 cm³/mol. The molecule has 0 heterocycles. The van der Waals surface area contributed by atoms with Gasteiger partial charge < -0.3 is 5.32 Å². The molecule has 0 aliphatic carbocycles. The number of benzene rings is 2. The molecule has 0 atom stereocenters. The molecule has 0 bridgehead atoms. The van der Waals surface area contributed by atoms with Crippen LogP contribution in [-0.4, -0.2) is 10.8 Å². The van der Waals surface area contributed by atoms with Gasteiger partial charge in [-0.3, -0.25) is 14.9 Å². The van der Waals surface area contributed by atoms with Gasteiger partial charge in [0, 0.05) is 16.6 Å². The van der Waals surface area contributed by atoms with Crippen LogP contribution in [0.1, 0.15) is 10.4 Å². The summed E-state index contributed by atoms with van der Waals surface area (Å²) in [5.41, 5.74) is -0.660. The van der Waals surface area contributed by atoms with Crippen molar-refractivity contribution in [3.8, 4) is 0 Å². The summed E-state index contributed by atoms with van der Waals surface area (Å²) in [7, 11) is 0. The van der Waals surface area contributed by atoms with Gasteiger partial charge in [0.15, 0.2) is 0 Å². The SMILES string of the molecule is O=C(Nc1ccc(F)cc1Br)c1cc([N+](=O)[O-])ccc1F. The number of non-ortho nitro benzene ring substituents is 1. The third kappa shape index (κ3) is 3.40. The molecule has 2 rings (SSSR count). The fourth-order valence-corrected chi connectivity index (χ4v) is 2.03. The van der Waals surface area contributed by atoms with Crippen LogP contribution >= 0.6 is 15.9 Å². The summed E-state index contributed by atoms with van der Waals surface area (Å²) in [6, 6.07) is 6.16. The van der Waals surface area contributed by atoms with Crippen molar-refractivity contribution in [3.05, 3.63) is 68.2 Å². The fourth-order valence-electron chi connectivity index (χ4n) is 1.58. The van der Waals surface area contributed by atoms with Gasteiger partial charge in [0.05, 0.1) is 16.2 Å². The van der Waals surface area contributed by atoms with Gasteiger partial charge in [-0.25, -0.2) is 8.78 Å². The van der Waals surface area contributed by atoms with E-state index in [9.17, 15) is 23.7 Å². The number of nitrogens with one attached hydrogen (secondary N) is 1. The number of nitrogens with zero attached hydrogens (tertiary/aromatic N) is 1. The van der Waals surface area contributed by atoms with Gasteiger partial charge >= 0.3 is 0 Å². The second-order valence-corrected chi connectivity index (χ2v) is 4.85. The highest BCUT2D eigenvalue weighted by Crippen LogP contribution is 2.24. The normalized spacial score (nSPS) is 10.2. The molecule has 0 aromatic heterocycles. The van der Waals surface area contributed by atoms with Gasteiger partial charge in [-0.1, -0.05) is 0 Å². The lowest BCUT2D eigenvalue weighted by molar-refractivity contribution is -0.384. The number of halogens is 3. The second kappa shape index (κ2) is 5.96. The molecule has 0 spiro atoms. The number of hydrogen-bond acceptors (Lipinski definition) is 3. The first-order chi connectivity index (χ1) is 9.88. The lowest BCUT2D eigenvalue weighted by Crippen LogP contribution is -2.14. The van der Waals surface area contributed by atoms with Crippen LogP contribution in [0.15, 0.2) is 40.9 Å². The molecule has 108 valence electrons. The number of amides is 1. The molecule has 5 nitrogen and oxygen atoms in total. The van der Waals surface area contributed by atoms with E-state index in [2.05, 4.69) is 21.2 Å². The number of carbonyl (C=O) groups excluding carboxylic acids is 1. The molecule has 0 radical (unpaired) electrons. The molecule has 0 aliphatic rings. The lowest BCUT2D eigenvalue weighted by atomic mass is 10.1. The second-order valence-electron chi connectivity index (χ2n) is 4.00. The summed E-state index contributed by atoms with van der Waals surface area (Å²) in [5, 5.41) is 13.0. The lowest BCUT2D eigenvalue weighted by Gasteiger charge is -2.08. The van der Waals surface area contributed by atoms with Gasteiger partial charge in [0.1, 0.15) is 11.6 Å². The minimum absolute atomic E-state index is 0.215. The zero-order valence-corrected chi connectivity index (χ0v) is 11.9. The highest BCUT2D eigenvalue weighted by molar-refractivity contribution is 9.10. The molecule has 0 saturated heterocycles. The third-order valence-corrected chi connectivity index (χ3v) is 3.24. The fraction of sp³-hybridized carbons (Fsp3) is 0. The first-order valence-corrected chi connectivity index (χ1v) is 6.38. The zero-order valence-electron chi connectivity index (χ0n) is 10.3. The Hall–Kier alpha value is -2.35. The average Bonchev–Trinajstić information content (AvgIpc) is 2.42. The van der Waals surface area contributed by atoms with Crippen LogP contribution in [-0.2, 0) is 0 Å². The number of rotatable bonds is 3. The molecule has 0 fully saturated rings. The summed E-state index contributed by atoms with van der Waals surface area (Å²) in [6.45, 7) is 0. The van der Waals surface area contributed by atoms with Crippen LogP contribution in [0.2, 0.25) is 0 Å². The Morgan fingerprint density at radius 1 is 1.19 bits per heavy atom. The van der Waals surface area contributed by atoms with E-state index in [0.29, 0.717) is 0 Å². The van der Waals surface area contributed by atoms with Crippen molar-refractivity contribution >= 4 is 33.2 Å². The van der Waals surface area contributed by atoms with Gasteiger partial charge in [-0.05, 0) is 40.2 Å². The van der Waals surface area contributed by atoms with Crippen LogP contribution in [0.3, 0.4) is 0 Å². The molecule has 2 aromatic rings. The smallest absolute Gasteiger partial charge is 0.270 e. The summed E-state index contributed by atoms with van der Waals surface area (Å²) < 4.78 is 26.8. The van der Waals surface area contributed by atoms with Crippen molar-refractivity contribution < 1.29 is 18.5 Å². The van der Waals surface area contributed by atoms with Gasteiger partial charge in [0.2, 0.25) is 0 Å². The van der Waals surface area contributed by atoms with E-state index in [1.807, 2.05) is 0 Å². The van der Waals surface area contributed by atoms with Crippen LogP contribution in [0.25, 0.3) is 0 Å². The summed E-state index contributed by atoms with van der Waals surface area (Å²) in [4.78, 5) is 21.9. The maximum absolute atomic E-state index is 13.6. The van der Waals surface area contributed by atoms with Crippen molar-refractivity contribution in [3.63, 3.8) is 0 Å². The molecule has 2 aromatic carbocycles. The van der Waals surface area contributed by atoms with Gasteiger partial charge in [-0.15, -0.1) is 0 Å². The maximum Gasteiger partial charge on any atom is 0.270 e. The summed E-state index contributed by atoms with van der Waals surface area (Å²) in [5.74, 6) is -2.28. The van der Waals surface area contributed by atoms with E-state index >= 15 is 0 Å². The van der Waals surface area contributed by atoms with Crippen molar-refractivity contribution in [2.24, 2.45) is 0 Å². The molecule has 0 unspecified atom stereocenters. The molecule has 1 N–H and O–H groups in total. The monoisotopic (exact) mass is 356 g/mol. The first kappa shape index (κ1) is 15.0. The van der Waals surface area contributed by atoms with Crippen LogP contribution < -0.4 is 5.32 Å². The maximum atomic E-state index is 13.6. The van der Waals surface area contributed by atoms with Crippen LogP contribution in [0.4, 0.5) is 20.2 Å². The largest absolute Gasteiger partial charge is 0.321 e. The van der Waals surface area contributed by atoms with E-state index in [1.165, 1.54) is 6.07 Å². The average molecular weight is 357 g/mol. The first-order valence-electron chi connectivity index (χ1n) is 5.59. The Bertz CT molecular complexity index is 737. The molecule has 0 saturated carbocycles. The van der Waals surface area contributed by atoms with E-state index in [1.54, 1.807) is 0 Å². The number of anilines is 1. The predicted octanol–water partition coefficient (Wildman–Crippen LogP) is 3.89. The van der Waals surface area contributed by atoms with Gasteiger partial charge in [0.25, 0.3) is 11.6 Å². The summed E-state index contributed by atoms with van der Waals surface area (Å²) in [6.07, 6.45) is 0. The van der Waals surface area contributed by atoms with E-state index in [4.69, 9.17) is 0 Å². The minimum atomic E-state index is -0.892. The Balaban J connectivity index is 2.32. The molecule has 21 heavy (non-hydrogen) atoms. The molecular weight excluding hydrogens is 350 g/mol. The standard InChI is InChI=1S/C13H7BrF2N2O3/c14-10-5-7(15)1-4-12(10)17-13(19)9-6-8(18(20)21)2-3-11(9)16/h1-6H,(H,17,19). The van der Waals surface area contributed by atoms with Crippen molar-refractivity contribution in [1.82, 2.24) is 0 Å². The number of hydrogen-bond donors (Lipinski definition) is 1. The Morgan fingerprint density at radius 3 is 2.52 bits per heavy atom. The number of carbonyl (C=O) groups is 1. The zero-order chi connectivity index (χ0) is 15.6. The highest BCUT2D eigenvalue weighted by atomic mass is 79.9. The Morgan fingerprint density at radius 2 is 1.90 bits per heavy atom.